The largest absolute Gasteiger partial charge is 0.394 e. The molecule has 8 N–H and O–H groups in total. The molecular weight excluding hydrogens is 1180 g/mol. The minimum Gasteiger partial charge on any atom is -0.394 e. The summed E-state index contributed by atoms with van der Waals surface area (Å²) in [6.45, 7) is 3.52. The molecule has 95 heavy (non-hydrogen) atoms. The van der Waals surface area contributed by atoms with Crippen molar-refractivity contribution in [1.29, 1.82) is 0 Å². The van der Waals surface area contributed by atoms with Crippen LogP contribution < -0.4 is 5.32 Å². The summed E-state index contributed by atoms with van der Waals surface area (Å²) in [6.07, 6.45) is 83.3. The van der Waals surface area contributed by atoms with Crippen molar-refractivity contribution in [1.82, 2.24) is 5.32 Å². The van der Waals surface area contributed by atoms with Gasteiger partial charge in [0.15, 0.2) is 6.29 Å². The summed E-state index contributed by atoms with van der Waals surface area (Å²) in [5.41, 5.74) is 0. The van der Waals surface area contributed by atoms with Crippen LogP contribution in [0, 0.1) is 0 Å². The molecule has 1 amide bonds. The third kappa shape index (κ3) is 58.9. The molecule has 0 aromatic carbocycles. The van der Waals surface area contributed by atoms with E-state index in [-0.39, 0.29) is 12.8 Å². The Morgan fingerprint density at radius 3 is 0.937 bits per heavy atom. The van der Waals surface area contributed by atoms with Gasteiger partial charge in [-0.15, -0.1) is 0 Å². The highest BCUT2D eigenvalue weighted by Crippen LogP contribution is 2.25. The van der Waals surface area contributed by atoms with Gasteiger partial charge in [0.05, 0.1) is 25.4 Å². The molecule has 1 heterocycles. The highest BCUT2D eigenvalue weighted by Gasteiger charge is 2.44. The monoisotopic (exact) mass is 1350 g/mol. The van der Waals surface area contributed by atoms with Crippen molar-refractivity contribution < 1.29 is 50.0 Å². The Balaban J connectivity index is 2.12. The van der Waals surface area contributed by atoms with Crippen LogP contribution in [0.3, 0.4) is 0 Å². The molecule has 11 heteroatoms. The number of hydrogen-bond acceptors (Lipinski definition) is 10. The SMILES string of the molecule is CCCCCCCCCCCCCCCCCCCCCCCCC/C=C/CC/C=C/CCCC(O)C(O)C(COC1OC(CO)C(O)C(O)C1O)NC(=O)C(O)CCCCCCCCCCCCCCCCCCCCCCCCCCCCCCCCCCCCCC. The highest BCUT2D eigenvalue weighted by molar-refractivity contribution is 5.80. The summed E-state index contributed by atoms with van der Waals surface area (Å²) >= 11 is 0. The summed E-state index contributed by atoms with van der Waals surface area (Å²) in [4.78, 5) is 13.3. The van der Waals surface area contributed by atoms with Crippen molar-refractivity contribution in [2.24, 2.45) is 0 Å². The van der Waals surface area contributed by atoms with Gasteiger partial charge in [-0.1, -0.05) is 411 Å². The van der Waals surface area contributed by atoms with Gasteiger partial charge in [0.1, 0.15) is 36.6 Å². The van der Waals surface area contributed by atoms with Crippen molar-refractivity contribution in [2.45, 2.75) is 493 Å². The number of aliphatic hydroxyl groups excluding tert-OH is 7. The van der Waals surface area contributed by atoms with E-state index in [2.05, 4.69) is 43.5 Å². The van der Waals surface area contributed by atoms with Gasteiger partial charge in [-0.05, 0) is 51.4 Å². The molecule has 0 spiro atoms. The maximum Gasteiger partial charge on any atom is 0.249 e. The number of unbranched alkanes of at least 4 members (excludes halogenated alkanes) is 60. The molecule has 0 saturated carbocycles. The molecule has 0 aromatic rings. The zero-order valence-electron chi connectivity index (χ0n) is 62.9. The van der Waals surface area contributed by atoms with E-state index in [1.165, 1.54) is 353 Å². The van der Waals surface area contributed by atoms with Gasteiger partial charge in [0.25, 0.3) is 0 Å². The topological polar surface area (TPSA) is 189 Å². The fraction of sp³-hybridized carbons (Fsp3) is 0.940. The number of carbonyl (C=O) groups excluding carboxylic acids is 1. The first-order valence-electron chi connectivity index (χ1n) is 42.2. The first-order chi connectivity index (χ1) is 46.7. The predicted octanol–water partition coefficient (Wildman–Crippen LogP) is 22.3. The van der Waals surface area contributed by atoms with E-state index in [0.717, 1.165) is 38.5 Å². The zero-order chi connectivity index (χ0) is 68.8. The van der Waals surface area contributed by atoms with E-state index in [9.17, 15) is 40.5 Å². The second-order valence-electron chi connectivity index (χ2n) is 29.9. The fourth-order valence-electron chi connectivity index (χ4n) is 14.1. The van der Waals surface area contributed by atoms with Crippen molar-refractivity contribution in [3.05, 3.63) is 24.3 Å². The summed E-state index contributed by atoms with van der Waals surface area (Å²) in [6, 6.07) is -1.19. The molecule has 564 valence electrons. The van der Waals surface area contributed by atoms with Crippen LogP contribution >= 0.6 is 0 Å². The molecule has 0 aliphatic carbocycles. The molecule has 1 saturated heterocycles. The van der Waals surface area contributed by atoms with Crippen LogP contribution in [-0.2, 0) is 14.3 Å². The number of nitrogens with one attached hydrogen (secondary N) is 1. The number of aliphatic hydroxyl groups is 7. The molecule has 9 unspecified atom stereocenters. The van der Waals surface area contributed by atoms with Gasteiger partial charge in [0.2, 0.25) is 5.91 Å². The zero-order valence-corrected chi connectivity index (χ0v) is 62.9. The van der Waals surface area contributed by atoms with Crippen LogP contribution in [0.1, 0.15) is 438 Å². The standard InChI is InChI=1S/C84H163NO10/c1-3-5-7-9-11-13-15-17-19-21-23-25-27-29-31-33-35-37-38-39-40-42-44-46-48-50-52-54-56-58-60-62-64-66-68-70-72-77(88)83(93)85-75(74-94-84-82(92)81(91)80(90)78(73-86)95-84)79(89)76(87)71-69-67-65-63-61-59-57-55-53-51-49-47-45-43-41-36-34-32-30-28-26-24-22-20-18-16-14-12-10-8-6-4-2/h55,57,63,65,75-82,84,86-92H,3-54,56,58-62,64,66-74H2,1-2H3,(H,85,93)/b57-55+,65-63+. The Morgan fingerprint density at radius 2 is 0.632 bits per heavy atom. The first-order valence-corrected chi connectivity index (χ1v) is 42.2. The lowest BCUT2D eigenvalue weighted by atomic mass is 9.98. The Kier molecular flexibility index (Phi) is 69.8. The van der Waals surface area contributed by atoms with E-state index in [4.69, 9.17) is 9.47 Å². The van der Waals surface area contributed by atoms with Crippen LogP contribution in [0.2, 0.25) is 0 Å². The maximum atomic E-state index is 13.3. The minimum atomic E-state index is -1.67. The minimum absolute atomic E-state index is 0.250. The molecule has 0 bridgehead atoms. The normalized spacial score (nSPS) is 18.2. The first kappa shape index (κ1) is 91.6. The predicted molar refractivity (Wildman–Crippen MR) is 404 cm³/mol. The summed E-state index contributed by atoms with van der Waals surface area (Å²) < 4.78 is 11.2. The van der Waals surface area contributed by atoms with Crippen LogP contribution in [0.15, 0.2) is 24.3 Å². The van der Waals surface area contributed by atoms with E-state index in [1.54, 1.807) is 0 Å². The lowest BCUT2D eigenvalue weighted by Crippen LogP contribution is -2.60. The third-order valence-electron chi connectivity index (χ3n) is 20.7. The molecule has 1 rings (SSSR count). The van der Waals surface area contributed by atoms with Crippen LogP contribution in [-0.4, -0.2) is 110 Å². The Morgan fingerprint density at radius 1 is 0.358 bits per heavy atom. The number of rotatable bonds is 76. The van der Waals surface area contributed by atoms with Gasteiger partial charge >= 0.3 is 0 Å². The van der Waals surface area contributed by atoms with E-state index >= 15 is 0 Å². The Bertz CT molecular complexity index is 1600. The van der Waals surface area contributed by atoms with Crippen LogP contribution in [0.25, 0.3) is 0 Å². The van der Waals surface area contributed by atoms with Crippen molar-refractivity contribution in [3.8, 4) is 0 Å². The quantitative estimate of drug-likeness (QED) is 0.0215. The lowest BCUT2D eigenvalue weighted by molar-refractivity contribution is -0.303. The van der Waals surface area contributed by atoms with E-state index in [0.29, 0.717) is 19.3 Å². The van der Waals surface area contributed by atoms with Crippen molar-refractivity contribution in [3.63, 3.8) is 0 Å². The van der Waals surface area contributed by atoms with Crippen molar-refractivity contribution >= 4 is 5.91 Å². The lowest BCUT2D eigenvalue weighted by Gasteiger charge is -2.40. The maximum absolute atomic E-state index is 13.3. The molecule has 1 aliphatic heterocycles. The number of carbonyl (C=O) groups is 1. The Hall–Kier alpha value is -1.41. The van der Waals surface area contributed by atoms with E-state index < -0.39 is 74.2 Å². The second kappa shape index (κ2) is 72.4. The van der Waals surface area contributed by atoms with Crippen LogP contribution in [0.5, 0.6) is 0 Å². The number of allylic oxidation sites excluding steroid dienone is 4. The van der Waals surface area contributed by atoms with Gasteiger partial charge in [-0.2, -0.15) is 0 Å². The van der Waals surface area contributed by atoms with Gasteiger partial charge in [0, 0.05) is 0 Å². The number of hydrogen-bond donors (Lipinski definition) is 8. The molecule has 11 nitrogen and oxygen atoms in total. The number of ether oxygens (including phenoxy) is 2. The average molecular weight is 1350 g/mol. The average Bonchev–Trinajstić information content (AvgIpc) is 0.832. The van der Waals surface area contributed by atoms with Gasteiger partial charge in [-0.3, -0.25) is 4.79 Å². The van der Waals surface area contributed by atoms with Crippen molar-refractivity contribution in [2.75, 3.05) is 13.2 Å². The molecule has 9 atom stereocenters. The molecule has 0 radical (unpaired) electrons. The molecular formula is C84H163NO10. The number of amides is 1. The van der Waals surface area contributed by atoms with Gasteiger partial charge < -0.3 is 50.5 Å². The molecule has 0 aromatic heterocycles. The molecule has 1 aliphatic rings. The summed E-state index contributed by atoms with van der Waals surface area (Å²) in [7, 11) is 0. The Labute approximate surface area is 588 Å². The fourth-order valence-corrected chi connectivity index (χ4v) is 14.1. The smallest absolute Gasteiger partial charge is 0.249 e. The summed E-state index contributed by atoms with van der Waals surface area (Å²) in [5.74, 6) is -0.701. The van der Waals surface area contributed by atoms with Gasteiger partial charge in [-0.25, -0.2) is 0 Å². The van der Waals surface area contributed by atoms with E-state index in [1.807, 2.05) is 0 Å². The van der Waals surface area contributed by atoms with Crippen LogP contribution in [0.4, 0.5) is 0 Å². The third-order valence-corrected chi connectivity index (χ3v) is 20.7. The second-order valence-corrected chi connectivity index (χ2v) is 29.9. The molecule has 1 fully saturated rings. The highest BCUT2D eigenvalue weighted by atomic mass is 16.7. The summed E-state index contributed by atoms with van der Waals surface area (Å²) in [5, 5.41) is 76.7.